The molecule has 0 unspecified atom stereocenters. The van der Waals surface area contributed by atoms with E-state index in [1.165, 1.54) is 12.4 Å². The van der Waals surface area contributed by atoms with E-state index in [2.05, 4.69) is 16.5 Å². The number of allylic oxidation sites excluding steroid dienone is 1. The highest BCUT2D eigenvalue weighted by Crippen LogP contribution is 2.06. The van der Waals surface area contributed by atoms with Crippen molar-refractivity contribution in [1.82, 2.24) is 9.97 Å². The van der Waals surface area contributed by atoms with Crippen LogP contribution in [0.5, 0.6) is 0 Å². The molecule has 0 fully saturated rings. The van der Waals surface area contributed by atoms with Crippen LogP contribution < -0.4 is 4.90 Å². The largest absolute Gasteiger partial charge is 0.478 e. The zero-order valence-corrected chi connectivity index (χ0v) is 9.26. The summed E-state index contributed by atoms with van der Waals surface area (Å²) in [5.74, 6) is -0.477. The standard InChI is InChI=1S/C11H15N3O2/c1-3-4-5-6-14(2)11-12-7-9(8-13-11)10(15)16/h3,7-8H,1,4-6H2,2H3,(H,15,16). The Labute approximate surface area is 94.5 Å². The summed E-state index contributed by atoms with van der Waals surface area (Å²) in [6, 6.07) is 0. The minimum absolute atomic E-state index is 0.100. The van der Waals surface area contributed by atoms with Gasteiger partial charge in [0.1, 0.15) is 0 Å². The lowest BCUT2D eigenvalue weighted by Gasteiger charge is -2.15. The highest BCUT2D eigenvalue weighted by molar-refractivity contribution is 5.86. The maximum atomic E-state index is 10.6. The molecule has 0 atom stereocenters. The van der Waals surface area contributed by atoms with Gasteiger partial charge in [-0.25, -0.2) is 14.8 Å². The normalized spacial score (nSPS) is 9.81. The maximum Gasteiger partial charge on any atom is 0.338 e. The molecule has 5 nitrogen and oxygen atoms in total. The first kappa shape index (κ1) is 12.2. The lowest BCUT2D eigenvalue weighted by atomic mass is 10.3. The summed E-state index contributed by atoms with van der Waals surface area (Å²) >= 11 is 0. The number of carbonyl (C=O) groups is 1. The molecular formula is C11H15N3O2. The topological polar surface area (TPSA) is 66.3 Å². The number of hydrogen-bond donors (Lipinski definition) is 1. The number of rotatable bonds is 6. The molecule has 0 radical (unpaired) electrons. The Kier molecular flexibility index (Phi) is 4.44. The van der Waals surface area contributed by atoms with Crippen LogP contribution in [-0.4, -0.2) is 34.6 Å². The van der Waals surface area contributed by atoms with Crippen molar-refractivity contribution in [2.45, 2.75) is 12.8 Å². The lowest BCUT2D eigenvalue weighted by molar-refractivity contribution is 0.0696. The van der Waals surface area contributed by atoms with Gasteiger partial charge in [0.15, 0.2) is 0 Å². The summed E-state index contributed by atoms with van der Waals surface area (Å²) in [4.78, 5) is 20.4. The number of aromatic carboxylic acids is 1. The van der Waals surface area contributed by atoms with Crippen molar-refractivity contribution in [2.24, 2.45) is 0 Å². The van der Waals surface area contributed by atoms with Crippen molar-refractivity contribution in [3.63, 3.8) is 0 Å². The summed E-state index contributed by atoms with van der Waals surface area (Å²) in [6.45, 7) is 4.46. The average Bonchev–Trinajstić information content (AvgIpc) is 2.29. The van der Waals surface area contributed by atoms with Gasteiger partial charge in [-0.1, -0.05) is 6.08 Å². The Bertz CT molecular complexity index is 362. The van der Waals surface area contributed by atoms with E-state index in [4.69, 9.17) is 5.11 Å². The van der Waals surface area contributed by atoms with Crippen LogP contribution in [0.2, 0.25) is 0 Å². The number of aromatic nitrogens is 2. The molecule has 1 heterocycles. The van der Waals surface area contributed by atoms with E-state index in [0.29, 0.717) is 5.95 Å². The Morgan fingerprint density at radius 1 is 1.56 bits per heavy atom. The van der Waals surface area contributed by atoms with Crippen LogP contribution in [0, 0.1) is 0 Å². The first-order valence-electron chi connectivity index (χ1n) is 5.02. The second-order valence-electron chi connectivity index (χ2n) is 3.43. The molecule has 0 aliphatic heterocycles. The van der Waals surface area contributed by atoms with E-state index >= 15 is 0 Å². The summed E-state index contributed by atoms with van der Waals surface area (Å²) < 4.78 is 0. The van der Waals surface area contributed by atoms with Crippen molar-refractivity contribution in [1.29, 1.82) is 0 Å². The second kappa shape index (κ2) is 5.85. The molecule has 0 spiro atoms. The van der Waals surface area contributed by atoms with Crippen LogP contribution in [0.3, 0.4) is 0 Å². The highest BCUT2D eigenvalue weighted by atomic mass is 16.4. The summed E-state index contributed by atoms with van der Waals surface area (Å²) in [6.07, 6.45) is 6.41. The molecule has 0 aliphatic rings. The van der Waals surface area contributed by atoms with E-state index in [0.717, 1.165) is 19.4 Å². The van der Waals surface area contributed by atoms with Crippen LogP contribution >= 0.6 is 0 Å². The van der Waals surface area contributed by atoms with Crippen LogP contribution in [0.25, 0.3) is 0 Å². The third-order valence-electron chi connectivity index (χ3n) is 2.13. The quantitative estimate of drug-likeness (QED) is 0.583. The zero-order chi connectivity index (χ0) is 12.0. The number of carboxylic acid groups (broad SMARTS) is 1. The molecular weight excluding hydrogens is 206 g/mol. The average molecular weight is 221 g/mol. The number of anilines is 1. The molecule has 86 valence electrons. The highest BCUT2D eigenvalue weighted by Gasteiger charge is 2.06. The molecule has 0 aromatic carbocycles. The van der Waals surface area contributed by atoms with E-state index in [1.54, 1.807) is 0 Å². The second-order valence-corrected chi connectivity index (χ2v) is 3.43. The monoisotopic (exact) mass is 221 g/mol. The fourth-order valence-electron chi connectivity index (χ4n) is 1.20. The van der Waals surface area contributed by atoms with Crippen molar-refractivity contribution in [3.05, 3.63) is 30.6 Å². The van der Waals surface area contributed by atoms with Gasteiger partial charge in [0.05, 0.1) is 5.56 Å². The third-order valence-corrected chi connectivity index (χ3v) is 2.13. The van der Waals surface area contributed by atoms with Crippen molar-refractivity contribution < 1.29 is 9.90 Å². The first-order valence-corrected chi connectivity index (χ1v) is 5.02. The van der Waals surface area contributed by atoms with Crippen molar-refractivity contribution >= 4 is 11.9 Å². The number of unbranched alkanes of at least 4 members (excludes halogenated alkanes) is 1. The molecule has 0 bridgehead atoms. The summed E-state index contributed by atoms with van der Waals surface area (Å²) in [5.41, 5.74) is 0.100. The van der Waals surface area contributed by atoms with Gasteiger partial charge < -0.3 is 10.0 Å². The Hall–Kier alpha value is -1.91. The molecule has 0 aliphatic carbocycles. The van der Waals surface area contributed by atoms with E-state index in [-0.39, 0.29) is 5.56 Å². The maximum absolute atomic E-state index is 10.6. The fraction of sp³-hybridized carbons (Fsp3) is 0.364. The van der Waals surface area contributed by atoms with Gasteiger partial charge >= 0.3 is 5.97 Å². The molecule has 1 aromatic rings. The minimum atomic E-state index is -1.01. The number of carboxylic acids is 1. The number of nitrogens with zero attached hydrogens (tertiary/aromatic N) is 3. The van der Waals surface area contributed by atoms with Crippen LogP contribution in [-0.2, 0) is 0 Å². The predicted molar refractivity (Wildman–Crippen MR) is 61.7 cm³/mol. The summed E-state index contributed by atoms with van der Waals surface area (Å²) in [5, 5.41) is 8.68. The van der Waals surface area contributed by atoms with Crippen molar-refractivity contribution in [3.8, 4) is 0 Å². The minimum Gasteiger partial charge on any atom is -0.478 e. The van der Waals surface area contributed by atoms with Crippen LogP contribution in [0.15, 0.2) is 25.0 Å². The molecule has 1 rings (SSSR count). The van der Waals surface area contributed by atoms with Gasteiger partial charge in [-0.05, 0) is 12.8 Å². The Balaban J connectivity index is 2.59. The molecule has 0 saturated heterocycles. The van der Waals surface area contributed by atoms with Gasteiger partial charge in [-0.15, -0.1) is 6.58 Å². The van der Waals surface area contributed by atoms with Gasteiger partial charge in [-0.2, -0.15) is 0 Å². The van der Waals surface area contributed by atoms with Gasteiger partial charge in [-0.3, -0.25) is 0 Å². The fourth-order valence-corrected chi connectivity index (χ4v) is 1.20. The van der Waals surface area contributed by atoms with Crippen LogP contribution in [0.1, 0.15) is 23.2 Å². The third kappa shape index (κ3) is 3.34. The molecule has 0 saturated carbocycles. The van der Waals surface area contributed by atoms with Gasteiger partial charge in [0.2, 0.25) is 5.95 Å². The molecule has 16 heavy (non-hydrogen) atoms. The van der Waals surface area contributed by atoms with E-state index in [9.17, 15) is 4.79 Å². The molecule has 1 N–H and O–H groups in total. The Morgan fingerprint density at radius 2 is 2.19 bits per heavy atom. The Morgan fingerprint density at radius 3 is 2.69 bits per heavy atom. The van der Waals surface area contributed by atoms with Crippen molar-refractivity contribution in [2.75, 3.05) is 18.5 Å². The first-order chi connectivity index (χ1) is 7.65. The van der Waals surface area contributed by atoms with Gasteiger partial charge in [0.25, 0.3) is 0 Å². The lowest BCUT2D eigenvalue weighted by Crippen LogP contribution is -2.21. The molecule has 5 heteroatoms. The number of hydrogen-bond acceptors (Lipinski definition) is 4. The molecule has 1 aromatic heterocycles. The zero-order valence-electron chi connectivity index (χ0n) is 9.26. The van der Waals surface area contributed by atoms with E-state index < -0.39 is 5.97 Å². The van der Waals surface area contributed by atoms with Crippen LogP contribution in [0.4, 0.5) is 5.95 Å². The predicted octanol–water partition coefficient (Wildman–Crippen LogP) is 1.58. The smallest absolute Gasteiger partial charge is 0.338 e. The van der Waals surface area contributed by atoms with E-state index in [1.807, 2.05) is 18.0 Å². The SMILES string of the molecule is C=CCCCN(C)c1ncc(C(=O)O)cn1. The van der Waals surface area contributed by atoms with Gasteiger partial charge in [0, 0.05) is 26.0 Å². The summed E-state index contributed by atoms with van der Waals surface area (Å²) in [7, 11) is 1.87. The molecule has 0 amide bonds.